The summed E-state index contributed by atoms with van der Waals surface area (Å²) in [5.74, 6) is 0.623. The summed E-state index contributed by atoms with van der Waals surface area (Å²) in [6.45, 7) is 8.38. The number of benzene rings is 2. The highest BCUT2D eigenvalue weighted by Gasteiger charge is 2.24. The molecule has 0 radical (unpaired) electrons. The number of fused-ring (bicyclic) bond motifs is 1. The van der Waals surface area contributed by atoms with Crippen LogP contribution >= 0.6 is 0 Å². The van der Waals surface area contributed by atoms with Gasteiger partial charge in [0.05, 0.1) is 12.1 Å². The van der Waals surface area contributed by atoms with E-state index in [-0.39, 0.29) is 17.7 Å². The zero-order chi connectivity index (χ0) is 26.5. The van der Waals surface area contributed by atoms with E-state index in [0.717, 1.165) is 10.9 Å². The van der Waals surface area contributed by atoms with Gasteiger partial charge >= 0.3 is 0 Å². The van der Waals surface area contributed by atoms with Gasteiger partial charge in [0.2, 0.25) is 11.8 Å². The molecule has 1 fully saturated rings. The van der Waals surface area contributed by atoms with Gasteiger partial charge in [0.25, 0.3) is 5.91 Å². The van der Waals surface area contributed by atoms with Crippen LogP contribution < -0.4 is 16.4 Å². The van der Waals surface area contributed by atoms with Crippen molar-refractivity contribution >= 4 is 40.1 Å². The van der Waals surface area contributed by atoms with E-state index in [0.29, 0.717) is 55.6 Å². The molecule has 194 valence electrons. The van der Waals surface area contributed by atoms with E-state index in [1.165, 1.54) is 6.92 Å². The monoisotopic (exact) mass is 503 g/mol. The Morgan fingerprint density at radius 3 is 2.27 bits per heavy atom. The maximum atomic E-state index is 13.0. The second-order valence-electron chi connectivity index (χ2n) is 9.60. The van der Waals surface area contributed by atoms with Gasteiger partial charge in [-0.1, -0.05) is 26.0 Å². The van der Waals surface area contributed by atoms with Crippen molar-refractivity contribution in [2.75, 3.05) is 36.8 Å². The van der Waals surface area contributed by atoms with Crippen molar-refractivity contribution in [1.82, 2.24) is 19.8 Å². The van der Waals surface area contributed by atoms with Crippen LogP contribution in [0.25, 0.3) is 10.9 Å². The summed E-state index contributed by atoms with van der Waals surface area (Å²) in [5, 5.41) is 6.77. The van der Waals surface area contributed by atoms with Crippen LogP contribution in [0.15, 0.2) is 48.5 Å². The molecule has 2 aromatic carbocycles. The molecule has 2 heterocycles. The van der Waals surface area contributed by atoms with Gasteiger partial charge in [0.15, 0.2) is 0 Å². The topological polar surface area (TPSA) is 134 Å². The Bertz CT molecular complexity index is 1280. The van der Waals surface area contributed by atoms with Crippen molar-refractivity contribution in [2.24, 2.45) is 11.7 Å². The molecule has 0 spiro atoms. The fourth-order valence-electron chi connectivity index (χ4n) is 4.41. The number of carbonyl (C=O) groups is 3. The lowest BCUT2D eigenvalue weighted by molar-refractivity contribution is -0.119. The third kappa shape index (κ3) is 6.39. The minimum absolute atomic E-state index is 0.00175. The first-order valence-electron chi connectivity index (χ1n) is 12.4. The molecule has 0 unspecified atom stereocenters. The first-order chi connectivity index (χ1) is 17.7. The molecule has 4 rings (SSSR count). The number of nitrogens with two attached hydrogens (primary N) is 1. The maximum absolute atomic E-state index is 13.0. The summed E-state index contributed by atoms with van der Waals surface area (Å²) >= 11 is 0. The van der Waals surface area contributed by atoms with Crippen molar-refractivity contribution in [2.45, 2.75) is 33.4 Å². The van der Waals surface area contributed by atoms with Gasteiger partial charge in [0.1, 0.15) is 17.7 Å². The lowest BCUT2D eigenvalue weighted by atomic mass is 10.0. The van der Waals surface area contributed by atoms with Gasteiger partial charge < -0.3 is 21.3 Å². The van der Waals surface area contributed by atoms with Gasteiger partial charge in [-0.25, -0.2) is 9.97 Å². The van der Waals surface area contributed by atoms with Crippen LogP contribution in [0.5, 0.6) is 0 Å². The molecule has 1 aliphatic rings. The van der Waals surface area contributed by atoms with Crippen LogP contribution in [0.1, 0.15) is 37.0 Å². The number of nitrogens with zero attached hydrogens (tertiary/aromatic N) is 4. The quantitative estimate of drug-likeness (QED) is 0.430. The Morgan fingerprint density at radius 1 is 0.973 bits per heavy atom. The Kier molecular flexibility index (Phi) is 7.98. The SMILES string of the molecule is CC(=O)Nc1ccc(C(=O)N2CCN(Cc3nc(N[C@H](C(N)=O)C(C)C)c4ccccc4n3)CC2)cc1. The van der Waals surface area contributed by atoms with Crippen LogP contribution in [-0.4, -0.2) is 69.7 Å². The third-order valence-corrected chi connectivity index (χ3v) is 6.39. The molecule has 10 nitrogen and oxygen atoms in total. The number of anilines is 2. The van der Waals surface area contributed by atoms with E-state index in [1.807, 2.05) is 43.0 Å². The Balaban J connectivity index is 1.42. The van der Waals surface area contributed by atoms with Crippen molar-refractivity contribution in [1.29, 1.82) is 0 Å². The van der Waals surface area contributed by atoms with E-state index in [2.05, 4.69) is 15.5 Å². The van der Waals surface area contributed by atoms with Gasteiger partial charge in [-0.15, -0.1) is 0 Å². The predicted molar refractivity (Wildman–Crippen MR) is 143 cm³/mol. The summed E-state index contributed by atoms with van der Waals surface area (Å²) in [7, 11) is 0. The summed E-state index contributed by atoms with van der Waals surface area (Å²) < 4.78 is 0. The molecule has 1 aromatic heterocycles. The predicted octanol–water partition coefficient (Wildman–Crippen LogP) is 2.47. The number of hydrogen-bond donors (Lipinski definition) is 3. The standard InChI is InChI=1S/C27H33N7O3/c1-17(2)24(25(28)36)32-26-21-6-4-5-7-22(21)30-23(31-26)16-33-12-14-34(15-13-33)27(37)19-8-10-20(11-9-19)29-18(3)35/h4-11,17,24H,12-16H2,1-3H3,(H2,28,36)(H,29,35)(H,30,31,32)/t24-/m0/s1. The highest BCUT2D eigenvalue weighted by molar-refractivity contribution is 5.95. The zero-order valence-corrected chi connectivity index (χ0v) is 21.4. The number of hydrogen-bond acceptors (Lipinski definition) is 7. The van der Waals surface area contributed by atoms with E-state index in [9.17, 15) is 14.4 Å². The van der Waals surface area contributed by atoms with Gasteiger partial charge in [-0.3, -0.25) is 19.3 Å². The van der Waals surface area contributed by atoms with Crippen LogP contribution in [-0.2, 0) is 16.1 Å². The molecule has 0 aliphatic carbocycles. The fraction of sp³-hybridized carbons (Fsp3) is 0.370. The minimum atomic E-state index is -0.548. The summed E-state index contributed by atoms with van der Waals surface area (Å²) in [6, 6.07) is 14.1. The average Bonchev–Trinajstić information content (AvgIpc) is 2.87. The van der Waals surface area contributed by atoms with E-state index in [1.54, 1.807) is 24.3 Å². The molecule has 4 N–H and O–H groups in total. The van der Waals surface area contributed by atoms with Gasteiger partial charge in [-0.05, 0) is 42.3 Å². The van der Waals surface area contributed by atoms with E-state index in [4.69, 9.17) is 15.7 Å². The highest BCUT2D eigenvalue weighted by Crippen LogP contribution is 2.23. The Morgan fingerprint density at radius 2 is 1.65 bits per heavy atom. The molecule has 0 bridgehead atoms. The van der Waals surface area contributed by atoms with Crippen molar-refractivity contribution in [3.8, 4) is 0 Å². The Hall–Kier alpha value is -4.05. The largest absolute Gasteiger partial charge is 0.368 e. The molecule has 1 saturated heterocycles. The lowest BCUT2D eigenvalue weighted by Crippen LogP contribution is -2.48. The van der Waals surface area contributed by atoms with Crippen LogP contribution in [0.3, 0.4) is 0 Å². The normalized spacial score (nSPS) is 15.0. The number of para-hydroxylation sites is 1. The van der Waals surface area contributed by atoms with Crippen LogP contribution in [0.4, 0.5) is 11.5 Å². The second kappa shape index (κ2) is 11.3. The maximum Gasteiger partial charge on any atom is 0.253 e. The number of amides is 3. The Labute approximate surface area is 216 Å². The number of rotatable bonds is 8. The van der Waals surface area contributed by atoms with Crippen LogP contribution in [0.2, 0.25) is 0 Å². The second-order valence-corrected chi connectivity index (χ2v) is 9.60. The number of nitrogens with one attached hydrogen (secondary N) is 2. The highest BCUT2D eigenvalue weighted by atomic mass is 16.2. The molecule has 1 aliphatic heterocycles. The molecule has 10 heteroatoms. The molecule has 0 saturated carbocycles. The van der Waals surface area contributed by atoms with Gasteiger partial charge in [-0.2, -0.15) is 0 Å². The fourth-order valence-corrected chi connectivity index (χ4v) is 4.41. The number of carbonyl (C=O) groups excluding carboxylic acids is 3. The molecule has 3 aromatic rings. The molecule has 37 heavy (non-hydrogen) atoms. The van der Waals surface area contributed by atoms with E-state index >= 15 is 0 Å². The summed E-state index contributed by atoms with van der Waals surface area (Å²) in [6.07, 6.45) is 0. The minimum Gasteiger partial charge on any atom is -0.368 e. The van der Waals surface area contributed by atoms with Crippen molar-refractivity contribution in [3.05, 3.63) is 59.9 Å². The van der Waals surface area contributed by atoms with Gasteiger partial charge in [0, 0.05) is 49.7 Å². The van der Waals surface area contributed by atoms with Crippen LogP contribution in [0, 0.1) is 5.92 Å². The lowest BCUT2D eigenvalue weighted by Gasteiger charge is -2.34. The number of aromatic nitrogens is 2. The summed E-state index contributed by atoms with van der Waals surface area (Å²) in [5.41, 5.74) is 7.66. The smallest absolute Gasteiger partial charge is 0.253 e. The molecule has 1 atom stereocenters. The molecular weight excluding hydrogens is 470 g/mol. The van der Waals surface area contributed by atoms with E-state index < -0.39 is 11.9 Å². The zero-order valence-electron chi connectivity index (χ0n) is 21.4. The number of piperazine rings is 1. The first kappa shape index (κ1) is 26.0. The summed E-state index contributed by atoms with van der Waals surface area (Å²) in [4.78, 5) is 49.7. The first-order valence-corrected chi connectivity index (χ1v) is 12.4. The van der Waals surface area contributed by atoms with Crippen molar-refractivity contribution < 1.29 is 14.4 Å². The average molecular weight is 504 g/mol. The third-order valence-electron chi connectivity index (χ3n) is 6.39. The molecule has 3 amide bonds. The van der Waals surface area contributed by atoms with Crippen molar-refractivity contribution in [3.63, 3.8) is 0 Å². The molecular formula is C27H33N7O3. The number of primary amides is 1.